The fourth-order valence-corrected chi connectivity index (χ4v) is 4.72. The van der Waals surface area contributed by atoms with Crippen LogP contribution < -0.4 is 10.9 Å². The Kier molecular flexibility index (Phi) is 6.37. The third kappa shape index (κ3) is 4.28. The van der Waals surface area contributed by atoms with E-state index in [0.717, 1.165) is 5.56 Å². The lowest BCUT2D eigenvalue weighted by atomic mass is 10.0. The van der Waals surface area contributed by atoms with Crippen LogP contribution in [0.1, 0.15) is 37.4 Å². The van der Waals surface area contributed by atoms with Gasteiger partial charge in [-0.2, -0.15) is 0 Å². The van der Waals surface area contributed by atoms with Gasteiger partial charge in [0.1, 0.15) is 5.82 Å². The molecule has 0 bridgehead atoms. The summed E-state index contributed by atoms with van der Waals surface area (Å²) in [4.78, 5) is 35.4. The Bertz CT molecular complexity index is 1450. The maximum atomic E-state index is 13.8. The van der Waals surface area contributed by atoms with Crippen LogP contribution in [-0.2, 0) is 16.1 Å². The number of hydrogen-bond donors (Lipinski definition) is 1. The van der Waals surface area contributed by atoms with E-state index in [0.29, 0.717) is 47.8 Å². The van der Waals surface area contributed by atoms with Gasteiger partial charge in [0.05, 0.1) is 30.1 Å². The summed E-state index contributed by atoms with van der Waals surface area (Å²) in [5, 5.41) is 3.32. The zero-order chi connectivity index (χ0) is 25.2. The predicted molar refractivity (Wildman–Crippen MR) is 134 cm³/mol. The summed E-state index contributed by atoms with van der Waals surface area (Å²) < 4.78 is 21.9. The van der Waals surface area contributed by atoms with Crippen LogP contribution in [0.2, 0.25) is 0 Å². The number of methoxy groups -OCH3 is 1. The van der Waals surface area contributed by atoms with E-state index >= 15 is 0 Å². The van der Waals surface area contributed by atoms with Crippen molar-refractivity contribution >= 4 is 11.9 Å². The molecule has 4 aromatic rings. The van der Waals surface area contributed by atoms with E-state index in [-0.39, 0.29) is 11.6 Å². The molecular weight excluding hydrogens is 461 g/mol. The first-order valence-electron chi connectivity index (χ1n) is 11.8. The monoisotopic (exact) mass is 487 g/mol. The van der Waals surface area contributed by atoms with Crippen molar-refractivity contribution in [2.24, 2.45) is 0 Å². The quantitative estimate of drug-likeness (QED) is 0.400. The lowest BCUT2D eigenvalue weighted by Gasteiger charge is -2.26. The Morgan fingerprint density at radius 2 is 1.89 bits per heavy atom. The van der Waals surface area contributed by atoms with Crippen molar-refractivity contribution in [1.29, 1.82) is 0 Å². The molecule has 0 saturated heterocycles. The van der Waals surface area contributed by atoms with Crippen LogP contribution >= 0.6 is 0 Å². The highest BCUT2D eigenvalue weighted by Gasteiger charge is 2.34. The van der Waals surface area contributed by atoms with Gasteiger partial charge in [0, 0.05) is 12.7 Å². The number of fused-ring (bicyclic) bond motifs is 1. The van der Waals surface area contributed by atoms with E-state index in [4.69, 9.17) is 9.72 Å². The normalized spacial score (nSPS) is 15.7. The second-order valence-electron chi connectivity index (χ2n) is 8.73. The summed E-state index contributed by atoms with van der Waals surface area (Å²) in [6.07, 6.45) is 2.81. The number of anilines is 1. The van der Waals surface area contributed by atoms with Crippen LogP contribution in [0.5, 0.6) is 0 Å². The minimum atomic E-state index is -0.748. The second kappa shape index (κ2) is 9.77. The van der Waals surface area contributed by atoms with E-state index < -0.39 is 17.8 Å². The maximum Gasteiger partial charge on any atom is 0.330 e. The van der Waals surface area contributed by atoms with E-state index in [1.54, 1.807) is 29.1 Å². The number of hydrogen-bond acceptors (Lipinski definition) is 6. The minimum absolute atomic E-state index is 0.0487. The molecule has 9 heteroatoms. The Labute approximate surface area is 207 Å². The number of carbonyl (C=O) groups excluding carboxylic acids is 1. The number of nitrogens with one attached hydrogen (secondary N) is 1. The Hall–Kier alpha value is -4.27. The van der Waals surface area contributed by atoms with Crippen molar-refractivity contribution in [3.63, 3.8) is 0 Å². The number of aromatic nitrogens is 4. The molecular formula is C27H26FN5O3. The van der Waals surface area contributed by atoms with Gasteiger partial charge >= 0.3 is 5.97 Å². The van der Waals surface area contributed by atoms with Crippen LogP contribution in [0.25, 0.3) is 22.5 Å². The van der Waals surface area contributed by atoms with Gasteiger partial charge in [-0.25, -0.2) is 23.8 Å². The number of ether oxygens (including phenoxy) is 1. The summed E-state index contributed by atoms with van der Waals surface area (Å²) in [6, 6.07) is 16.6. The average Bonchev–Trinajstić information content (AvgIpc) is 3.21. The van der Waals surface area contributed by atoms with Crippen LogP contribution in [0, 0.1) is 5.82 Å². The molecule has 0 spiro atoms. The number of esters is 1. The molecule has 184 valence electrons. The van der Waals surface area contributed by atoms with Crippen molar-refractivity contribution in [3.05, 3.63) is 88.6 Å². The van der Waals surface area contributed by atoms with Crippen molar-refractivity contribution in [2.75, 3.05) is 12.4 Å². The molecule has 36 heavy (non-hydrogen) atoms. The molecule has 0 saturated carbocycles. The van der Waals surface area contributed by atoms with Crippen molar-refractivity contribution in [1.82, 2.24) is 19.3 Å². The lowest BCUT2D eigenvalue weighted by molar-refractivity contribution is -0.146. The molecule has 0 fully saturated rings. The van der Waals surface area contributed by atoms with E-state index in [9.17, 15) is 14.0 Å². The first kappa shape index (κ1) is 23.5. The van der Waals surface area contributed by atoms with Gasteiger partial charge in [0.15, 0.2) is 6.04 Å². The first-order chi connectivity index (χ1) is 17.5. The molecule has 0 unspecified atom stereocenters. The van der Waals surface area contributed by atoms with E-state index in [2.05, 4.69) is 10.3 Å². The third-order valence-electron chi connectivity index (χ3n) is 6.47. The number of nitrogens with zero attached hydrogens (tertiary/aromatic N) is 4. The van der Waals surface area contributed by atoms with Gasteiger partial charge < -0.3 is 10.1 Å². The molecule has 8 nitrogen and oxygen atoms in total. The number of carbonyl (C=O) groups is 1. The van der Waals surface area contributed by atoms with Gasteiger partial charge in [-0.3, -0.25) is 9.48 Å². The Balaban J connectivity index is 1.65. The highest BCUT2D eigenvalue weighted by molar-refractivity contribution is 5.81. The Morgan fingerprint density at radius 1 is 1.14 bits per heavy atom. The van der Waals surface area contributed by atoms with Gasteiger partial charge in [-0.1, -0.05) is 42.5 Å². The molecule has 2 aromatic heterocycles. The van der Waals surface area contributed by atoms with Crippen molar-refractivity contribution in [2.45, 2.75) is 38.4 Å². The molecule has 0 aliphatic carbocycles. The summed E-state index contributed by atoms with van der Waals surface area (Å²) in [7, 11) is 1.31. The SMILES string of the molecule is COC(=O)[C@@H]1CCCn2c(-c3ccnc(N[C@@H](C)c4ccccc4)n3)c(-c3ccc(F)cc3)c(=O)n21. The Morgan fingerprint density at radius 3 is 2.61 bits per heavy atom. The van der Waals surface area contributed by atoms with E-state index in [1.165, 1.54) is 23.9 Å². The zero-order valence-corrected chi connectivity index (χ0v) is 20.0. The van der Waals surface area contributed by atoms with Gasteiger partial charge in [0.25, 0.3) is 5.56 Å². The molecule has 1 N–H and O–H groups in total. The summed E-state index contributed by atoms with van der Waals surface area (Å²) >= 11 is 0. The molecule has 0 radical (unpaired) electrons. The van der Waals surface area contributed by atoms with Crippen LogP contribution in [-0.4, -0.2) is 32.4 Å². The van der Waals surface area contributed by atoms with Crippen LogP contribution in [0.15, 0.2) is 71.7 Å². The minimum Gasteiger partial charge on any atom is -0.467 e. The third-order valence-corrected chi connectivity index (χ3v) is 6.47. The van der Waals surface area contributed by atoms with Crippen molar-refractivity contribution < 1.29 is 13.9 Å². The van der Waals surface area contributed by atoms with Crippen LogP contribution in [0.4, 0.5) is 10.3 Å². The van der Waals surface area contributed by atoms with Crippen molar-refractivity contribution in [3.8, 4) is 22.5 Å². The maximum absolute atomic E-state index is 13.8. The number of benzene rings is 2. The van der Waals surface area contributed by atoms with Crippen LogP contribution in [0.3, 0.4) is 0 Å². The average molecular weight is 488 g/mol. The predicted octanol–water partition coefficient (Wildman–Crippen LogP) is 4.59. The molecule has 5 rings (SSSR count). The molecule has 2 atom stereocenters. The molecule has 0 amide bonds. The summed E-state index contributed by atoms with van der Waals surface area (Å²) in [5.41, 5.74) is 2.70. The van der Waals surface area contributed by atoms with E-state index in [1.807, 2.05) is 37.3 Å². The second-order valence-corrected chi connectivity index (χ2v) is 8.73. The highest BCUT2D eigenvalue weighted by atomic mass is 19.1. The topological polar surface area (TPSA) is 91.0 Å². The fraction of sp³-hybridized carbons (Fsp3) is 0.259. The molecule has 3 heterocycles. The van der Waals surface area contributed by atoms with Gasteiger partial charge in [0.2, 0.25) is 5.95 Å². The number of rotatable bonds is 6. The van der Waals surface area contributed by atoms with Gasteiger partial charge in [-0.05, 0) is 49.1 Å². The first-order valence-corrected chi connectivity index (χ1v) is 11.8. The summed E-state index contributed by atoms with van der Waals surface area (Å²) in [6.45, 7) is 2.54. The highest BCUT2D eigenvalue weighted by Crippen LogP contribution is 2.34. The molecule has 1 aliphatic heterocycles. The summed E-state index contributed by atoms with van der Waals surface area (Å²) in [5.74, 6) is -0.475. The smallest absolute Gasteiger partial charge is 0.330 e. The largest absolute Gasteiger partial charge is 0.467 e. The lowest BCUT2D eigenvalue weighted by Crippen LogP contribution is -2.37. The van der Waals surface area contributed by atoms with Gasteiger partial charge in [-0.15, -0.1) is 0 Å². The zero-order valence-electron chi connectivity index (χ0n) is 20.0. The standard InChI is InChI=1S/C27H26FN5O3/c1-17(18-7-4-3-5-8-18)30-27-29-15-14-21(31-27)24-23(19-10-12-20(28)13-11-19)25(34)33-22(26(35)36-2)9-6-16-32(24)33/h3-5,7-8,10-15,17,22H,6,9,16H2,1-2H3,(H,29,30,31)/t17-,22-/m0/s1. The fourth-order valence-electron chi connectivity index (χ4n) is 4.72. The molecule has 1 aliphatic rings. The molecule has 2 aromatic carbocycles. The number of halogens is 1.